The number of rotatable bonds is 6. The Balaban J connectivity index is 2.43. The zero-order chi connectivity index (χ0) is 11.8. The van der Waals surface area contributed by atoms with Gasteiger partial charge in [-0.2, -0.15) is 0 Å². The summed E-state index contributed by atoms with van der Waals surface area (Å²) in [5, 5.41) is 4.02. The Morgan fingerprint density at radius 1 is 1.44 bits per heavy atom. The molecule has 0 heterocycles. The molecule has 3 nitrogen and oxygen atoms in total. The van der Waals surface area contributed by atoms with Crippen molar-refractivity contribution < 1.29 is 9.57 Å². The molecular weight excluding hydrogens is 202 g/mol. The minimum atomic E-state index is -0.0372. The van der Waals surface area contributed by atoms with E-state index in [4.69, 9.17) is 9.57 Å². The monoisotopic (exact) mass is 219 g/mol. The molecular formula is C13H17NO2. The molecule has 0 spiro atoms. The molecule has 1 aromatic carbocycles. The van der Waals surface area contributed by atoms with Gasteiger partial charge < -0.3 is 9.57 Å². The van der Waals surface area contributed by atoms with Gasteiger partial charge in [-0.15, -0.1) is 0 Å². The van der Waals surface area contributed by atoms with Crippen LogP contribution in [-0.4, -0.2) is 18.4 Å². The molecule has 0 fully saturated rings. The van der Waals surface area contributed by atoms with Crippen LogP contribution in [0.15, 0.2) is 48.3 Å². The van der Waals surface area contributed by atoms with Crippen LogP contribution >= 0.6 is 0 Å². The number of nitrogens with zero attached hydrogens (tertiary/aromatic N) is 1. The van der Waals surface area contributed by atoms with E-state index in [1.807, 2.05) is 44.2 Å². The standard InChI is InChI=1S/C13H17NO2/c1-4-15-11(2)10-16-14-12(3)13-8-6-5-7-9-13/h4-9,11H,1,10H2,2-3H3/b14-12+. The summed E-state index contributed by atoms with van der Waals surface area (Å²) in [7, 11) is 0. The highest BCUT2D eigenvalue weighted by Crippen LogP contribution is 2.01. The van der Waals surface area contributed by atoms with Crippen molar-refractivity contribution in [2.75, 3.05) is 6.61 Å². The lowest BCUT2D eigenvalue weighted by atomic mass is 10.1. The maximum Gasteiger partial charge on any atom is 0.153 e. The molecule has 1 unspecified atom stereocenters. The fraction of sp³-hybridized carbons (Fsp3) is 0.308. The third-order valence-corrected chi connectivity index (χ3v) is 2.03. The normalized spacial score (nSPS) is 13.0. The molecule has 0 radical (unpaired) electrons. The average Bonchev–Trinajstić information content (AvgIpc) is 2.30. The molecule has 0 aliphatic carbocycles. The van der Waals surface area contributed by atoms with Gasteiger partial charge in [0.15, 0.2) is 6.61 Å². The lowest BCUT2D eigenvalue weighted by Gasteiger charge is -2.09. The summed E-state index contributed by atoms with van der Waals surface area (Å²) in [6, 6.07) is 9.89. The molecule has 0 saturated carbocycles. The van der Waals surface area contributed by atoms with Gasteiger partial charge in [-0.3, -0.25) is 0 Å². The van der Waals surface area contributed by atoms with E-state index in [-0.39, 0.29) is 6.10 Å². The molecule has 0 aromatic heterocycles. The topological polar surface area (TPSA) is 30.8 Å². The molecule has 0 aliphatic heterocycles. The quantitative estimate of drug-likeness (QED) is 0.418. The second kappa shape index (κ2) is 6.67. The zero-order valence-electron chi connectivity index (χ0n) is 9.72. The Morgan fingerprint density at radius 3 is 2.75 bits per heavy atom. The Kier molecular flexibility index (Phi) is 5.12. The van der Waals surface area contributed by atoms with Crippen molar-refractivity contribution in [3.63, 3.8) is 0 Å². The van der Waals surface area contributed by atoms with Crippen molar-refractivity contribution in [2.45, 2.75) is 20.0 Å². The van der Waals surface area contributed by atoms with Crippen molar-refractivity contribution in [3.05, 3.63) is 48.7 Å². The summed E-state index contributed by atoms with van der Waals surface area (Å²) in [6.45, 7) is 7.70. The largest absolute Gasteiger partial charge is 0.495 e. The van der Waals surface area contributed by atoms with Gasteiger partial charge in [-0.25, -0.2) is 0 Å². The molecule has 1 rings (SSSR count). The number of oxime groups is 1. The molecule has 0 saturated heterocycles. The Labute approximate surface area is 96.4 Å². The fourth-order valence-electron chi connectivity index (χ4n) is 1.17. The van der Waals surface area contributed by atoms with Crippen molar-refractivity contribution >= 4 is 5.71 Å². The van der Waals surface area contributed by atoms with E-state index in [0.29, 0.717) is 6.61 Å². The van der Waals surface area contributed by atoms with E-state index in [2.05, 4.69) is 11.7 Å². The average molecular weight is 219 g/mol. The SMILES string of the molecule is C=COC(C)CO/N=C(\C)c1ccccc1. The highest BCUT2D eigenvalue weighted by Gasteiger charge is 2.00. The molecule has 1 atom stereocenters. The van der Waals surface area contributed by atoms with Gasteiger partial charge in [-0.05, 0) is 19.4 Å². The first-order chi connectivity index (χ1) is 7.74. The molecule has 86 valence electrons. The van der Waals surface area contributed by atoms with Crippen LogP contribution in [0.25, 0.3) is 0 Å². The maximum atomic E-state index is 5.18. The van der Waals surface area contributed by atoms with Crippen molar-refractivity contribution in [1.82, 2.24) is 0 Å². The second-order valence-corrected chi connectivity index (χ2v) is 3.45. The summed E-state index contributed by atoms with van der Waals surface area (Å²) in [5.41, 5.74) is 1.91. The number of hydrogen-bond acceptors (Lipinski definition) is 3. The number of ether oxygens (including phenoxy) is 1. The summed E-state index contributed by atoms with van der Waals surface area (Å²) in [6.07, 6.45) is 1.37. The zero-order valence-corrected chi connectivity index (χ0v) is 9.72. The number of benzene rings is 1. The Hall–Kier alpha value is -1.77. The Morgan fingerprint density at radius 2 is 2.12 bits per heavy atom. The summed E-state index contributed by atoms with van der Waals surface area (Å²) in [5.74, 6) is 0. The van der Waals surface area contributed by atoms with E-state index >= 15 is 0 Å². The first-order valence-electron chi connectivity index (χ1n) is 5.22. The first kappa shape index (κ1) is 12.3. The smallest absolute Gasteiger partial charge is 0.153 e. The minimum absolute atomic E-state index is 0.0372. The van der Waals surface area contributed by atoms with E-state index in [0.717, 1.165) is 11.3 Å². The minimum Gasteiger partial charge on any atom is -0.495 e. The van der Waals surface area contributed by atoms with Gasteiger partial charge in [0.05, 0.1) is 12.0 Å². The van der Waals surface area contributed by atoms with Gasteiger partial charge in [0, 0.05) is 0 Å². The lowest BCUT2D eigenvalue weighted by Crippen LogP contribution is -2.11. The van der Waals surface area contributed by atoms with Crippen LogP contribution in [0.2, 0.25) is 0 Å². The molecule has 3 heteroatoms. The van der Waals surface area contributed by atoms with Crippen molar-refractivity contribution in [1.29, 1.82) is 0 Å². The van der Waals surface area contributed by atoms with Crippen LogP contribution in [0, 0.1) is 0 Å². The predicted molar refractivity (Wildman–Crippen MR) is 65.3 cm³/mol. The molecule has 0 N–H and O–H groups in total. The van der Waals surface area contributed by atoms with Gasteiger partial charge in [0.25, 0.3) is 0 Å². The van der Waals surface area contributed by atoms with E-state index in [1.54, 1.807) is 0 Å². The van der Waals surface area contributed by atoms with E-state index in [1.165, 1.54) is 6.26 Å². The second-order valence-electron chi connectivity index (χ2n) is 3.45. The van der Waals surface area contributed by atoms with E-state index in [9.17, 15) is 0 Å². The number of hydrogen-bond donors (Lipinski definition) is 0. The van der Waals surface area contributed by atoms with Crippen molar-refractivity contribution in [2.24, 2.45) is 5.16 Å². The maximum absolute atomic E-state index is 5.18. The van der Waals surface area contributed by atoms with E-state index < -0.39 is 0 Å². The molecule has 0 bridgehead atoms. The fourth-order valence-corrected chi connectivity index (χ4v) is 1.17. The van der Waals surface area contributed by atoms with Crippen molar-refractivity contribution in [3.8, 4) is 0 Å². The Bertz CT molecular complexity index is 346. The van der Waals surface area contributed by atoms with Gasteiger partial charge in [0.2, 0.25) is 0 Å². The third-order valence-electron chi connectivity index (χ3n) is 2.03. The van der Waals surface area contributed by atoms with Crippen LogP contribution in [0.4, 0.5) is 0 Å². The summed E-state index contributed by atoms with van der Waals surface area (Å²) >= 11 is 0. The van der Waals surface area contributed by atoms with Crippen LogP contribution in [0.3, 0.4) is 0 Å². The summed E-state index contributed by atoms with van der Waals surface area (Å²) in [4.78, 5) is 5.18. The van der Waals surface area contributed by atoms with Gasteiger partial charge in [0.1, 0.15) is 6.10 Å². The molecule has 0 aliphatic rings. The first-order valence-corrected chi connectivity index (χ1v) is 5.22. The molecule has 16 heavy (non-hydrogen) atoms. The van der Waals surface area contributed by atoms with Crippen LogP contribution < -0.4 is 0 Å². The van der Waals surface area contributed by atoms with Crippen LogP contribution in [0.1, 0.15) is 19.4 Å². The third kappa shape index (κ3) is 4.17. The highest BCUT2D eigenvalue weighted by atomic mass is 16.6. The summed E-state index contributed by atoms with van der Waals surface area (Å²) < 4.78 is 5.10. The predicted octanol–water partition coefficient (Wildman–Crippen LogP) is 2.98. The van der Waals surface area contributed by atoms with Crippen LogP contribution in [0.5, 0.6) is 0 Å². The highest BCUT2D eigenvalue weighted by molar-refractivity contribution is 5.98. The molecule has 0 amide bonds. The van der Waals surface area contributed by atoms with Gasteiger partial charge >= 0.3 is 0 Å². The lowest BCUT2D eigenvalue weighted by molar-refractivity contribution is 0.0403. The van der Waals surface area contributed by atoms with Crippen LogP contribution in [-0.2, 0) is 9.57 Å². The molecule has 1 aromatic rings. The van der Waals surface area contributed by atoms with Gasteiger partial charge in [-0.1, -0.05) is 42.1 Å².